The van der Waals surface area contributed by atoms with Crippen LogP contribution in [-0.4, -0.2) is 16.6 Å². The zero-order valence-corrected chi connectivity index (χ0v) is 13.9. The molecule has 0 aromatic heterocycles. The van der Waals surface area contributed by atoms with Gasteiger partial charge in [0.2, 0.25) is 0 Å². The number of nitrogens with two attached hydrogens (primary N) is 1. The minimum absolute atomic E-state index is 0.268. The predicted molar refractivity (Wildman–Crippen MR) is 96.1 cm³/mol. The molecule has 24 heavy (non-hydrogen) atoms. The Kier molecular flexibility index (Phi) is 5.00. The molecule has 126 valence electrons. The maximum Gasteiger partial charge on any atom is 0.323 e. The van der Waals surface area contributed by atoms with E-state index in [0.29, 0.717) is 12.8 Å². The van der Waals surface area contributed by atoms with Gasteiger partial charge in [-0.05, 0) is 61.1 Å². The number of aliphatic carboxylic acids is 1. The first-order valence-electron chi connectivity index (χ1n) is 8.72. The Hall–Kier alpha value is -2.13. The molecule has 1 aliphatic carbocycles. The minimum atomic E-state index is -1.04. The molecule has 2 atom stereocenters. The highest BCUT2D eigenvalue weighted by Crippen LogP contribution is 2.39. The molecule has 3 N–H and O–H groups in total. The lowest BCUT2D eigenvalue weighted by Crippen LogP contribution is -2.45. The molecule has 0 saturated heterocycles. The SMILES string of the molecule is N[C@]1(C(=O)O)CC[C@H](c2ccc(CCCc3ccccc3)cc2)C1. The number of hydrogen-bond acceptors (Lipinski definition) is 2. The Morgan fingerprint density at radius 2 is 1.67 bits per heavy atom. The van der Waals surface area contributed by atoms with Crippen molar-refractivity contribution in [1.29, 1.82) is 0 Å². The second kappa shape index (κ2) is 7.18. The molecule has 0 bridgehead atoms. The molecule has 1 fully saturated rings. The zero-order chi connectivity index (χ0) is 17.0. The normalized spacial score (nSPS) is 23.3. The quantitative estimate of drug-likeness (QED) is 0.847. The summed E-state index contributed by atoms with van der Waals surface area (Å²) >= 11 is 0. The first-order chi connectivity index (χ1) is 11.6. The number of carboxylic acids is 1. The average molecular weight is 323 g/mol. The molecule has 0 unspecified atom stereocenters. The first kappa shape index (κ1) is 16.7. The summed E-state index contributed by atoms with van der Waals surface area (Å²) < 4.78 is 0. The highest BCUT2D eigenvalue weighted by Gasteiger charge is 2.42. The highest BCUT2D eigenvalue weighted by molar-refractivity contribution is 5.79. The third kappa shape index (κ3) is 3.85. The number of carbonyl (C=O) groups is 1. The highest BCUT2D eigenvalue weighted by atomic mass is 16.4. The Morgan fingerprint density at radius 3 is 2.25 bits per heavy atom. The van der Waals surface area contributed by atoms with E-state index >= 15 is 0 Å². The van der Waals surface area contributed by atoms with Crippen molar-refractivity contribution in [2.75, 3.05) is 0 Å². The van der Waals surface area contributed by atoms with Crippen LogP contribution < -0.4 is 5.73 Å². The number of aryl methyl sites for hydroxylation is 2. The second-order valence-corrected chi connectivity index (χ2v) is 6.98. The molecule has 2 aromatic carbocycles. The van der Waals surface area contributed by atoms with Gasteiger partial charge in [-0.1, -0.05) is 54.6 Å². The Bertz CT molecular complexity index is 681. The summed E-state index contributed by atoms with van der Waals surface area (Å²) in [6, 6.07) is 19.2. The predicted octanol–water partition coefficient (Wildman–Crippen LogP) is 3.91. The van der Waals surface area contributed by atoms with Gasteiger partial charge in [-0.25, -0.2) is 0 Å². The van der Waals surface area contributed by atoms with Gasteiger partial charge in [0.05, 0.1) is 0 Å². The molecular weight excluding hydrogens is 298 g/mol. The summed E-state index contributed by atoms with van der Waals surface area (Å²) in [5, 5.41) is 9.25. The molecule has 3 rings (SSSR count). The standard InChI is InChI=1S/C21H25NO2/c22-21(20(23)24)14-13-19(15-21)18-11-9-17(10-12-18)8-4-7-16-5-2-1-3-6-16/h1-3,5-6,9-12,19H,4,7-8,13-15,22H2,(H,23,24)/t19-,21+/m0/s1. The van der Waals surface area contributed by atoms with E-state index in [9.17, 15) is 9.90 Å². The largest absolute Gasteiger partial charge is 0.480 e. The lowest BCUT2D eigenvalue weighted by atomic mass is 9.92. The van der Waals surface area contributed by atoms with E-state index in [1.54, 1.807) is 0 Å². The van der Waals surface area contributed by atoms with Crippen molar-refractivity contribution in [3.05, 3.63) is 71.3 Å². The van der Waals surface area contributed by atoms with Crippen molar-refractivity contribution >= 4 is 5.97 Å². The van der Waals surface area contributed by atoms with E-state index in [1.165, 1.54) is 16.7 Å². The lowest BCUT2D eigenvalue weighted by molar-refractivity contribution is -0.143. The number of hydrogen-bond donors (Lipinski definition) is 2. The van der Waals surface area contributed by atoms with Gasteiger partial charge in [0.1, 0.15) is 5.54 Å². The van der Waals surface area contributed by atoms with Crippen LogP contribution in [0.25, 0.3) is 0 Å². The molecule has 3 heteroatoms. The van der Waals surface area contributed by atoms with Crippen LogP contribution in [-0.2, 0) is 17.6 Å². The topological polar surface area (TPSA) is 63.3 Å². The molecule has 0 aliphatic heterocycles. The van der Waals surface area contributed by atoms with Crippen LogP contribution in [0, 0.1) is 0 Å². The number of carboxylic acid groups (broad SMARTS) is 1. The van der Waals surface area contributed by atoms with E-state index in [2.05, 4.69) is 48.5 Å². The Labute approximate surface area is 143 Å². The molecule has 1 aliphatic rings. The molecule has 0 amide bonds. The van der Waals surface area contributed by atoms with Crippen molar-refractivity contribution < 1.29 is 9.90 Å². The third-order valence-corrected chi connectivity index (χ3v) is 5.20. The Morgan fingerprint density at radius 1 is 1.04 bits per heavy atom. The van der Waals surface area contributed by atoms with Gasteiger partial charge in [-0.3, -0.25) is 4.79 Å². The summed E-state index contributed by atoms with van der Waals surface area (Å²) in [5.74, 6) is -0.605. The van der Waals surface area contributed by atoms with Gasteiger partial charge in [-0.15, -0.1) is 0 Å². The maximum atomic E-state index is 11.3. The monoisotopic (exact) mass is 323 g/mol. The molecule has 0 heterocycles. The molecule has 3 nitrogen and oxygen atoms in total. The third-order valence-electron chi connectivity index (χ3n) is 5.20. The summed E-state index contributed by atoms with van der Waals surface area (Å²) in [7, 11) is 0. The summed E-state index contributed by atoms with van der Waals surface area (Å²) in [6.07, 6.45) is 5.25. The molecule has 0 spiro atoms. The van der Waals surface area contributed by atoms with Crippen LogP contribution in [0.2, 0.25) is 0 Å². The van der Waals surface area contributed by atoms with Crippen LogP contribution in [0.1, 0.15) is 48.3 Å². The van der Waals surface area contributed by atoms with Crippen LogP contribution in [0.3, 0.4) is 0 Å². The van der Waals surface area contributed by atoms with Gasteiger partial charge in [0.25, 0.3) is 0 Å². The van der Waals surface area contributed by atoms with E-state index in [1.807, 2.05) is 6.07 Å². The first-order valence-corrected chi connectivity index (χ1v) is 8.72. The van der Waals surface area contributed by atoms with Crippen molar-refractivity contribution in [3.63, 3.8) is 0 Å². The van der Waals surface area contributed by atoms with Gasteiger partial charge in [-0.2, -0.15) is 0 Å². The van der Waals surface area contributed by atoms with Gasteiger partial charge < -0.3 is 10.8 Å². The average Bonchev–Trinajstić information content (AvgIpc) is 3.00. The van der Waals surface area contributed by atoms with E-state index in [0.717, 1.165) is 25.7 Å². The van der Waals surface area contributed by atoms with Crippen LogP contribution in [0.5, 0.6) is 0 Å². The Balaban J connectivity index is 1.53. The summed E-state index contributed by atoms with van der Waals surface area (Å²) in [5.41, 5.74) is 8.88. The summed E-state index contributed by atoms with van der Waals surface area (Å²) in [4.78, 5) is 11.3. The summed E-state index contributed by atoms with van der Waals surface area (Å²) in [6.45, 7) is 0. The lowest BCUT2D eigenvalue weighted by Gasteiger charge is -2.18. The van der Waals surface area contributed by atoms with Crippen molar-refractivity contribution in [1.82, 2.24) is 0 Å². The van der Waals surface area contributed by atoms with Crippen molar-refractivity contribution in [2.45, 2.75) is 50.0 Å². The van der Waals surface area contributed by atoms with Crippen LogP contribution in [0.4, 0.5) is 0 Å². The smallest absolute Gasteiger partial charge is 0.323 e. The minimum Gasteiger partial charge on any atom is -0.480 e. The van der Waals surface area contributed by atoms with Gasteiger partial charge >= 0.3 is 5.97 Å². The van der Waals surface area contributed by atoms with Crippen molar-refractivity contribution in [2.24, 2.45) is 5.73 Å². The number of rotatable bonds is 6. The molecule has 0 radical (unpaired) electrons. The molecular formula is C21H25NO2. The maximum absolute atomic E-state index is 11.3. The molecule has 1 saturated carbocycles. The fourth-order valence-electron chi connectivity index (χ4n) is 3.65. The molecule has 2 aromatic rings. The van der Waals surface area contributed by atoms with Crippen LogP contribution in [0.15, 0.2) is 54.6 Å². The fraction of sp³-hybridized carbons (Fsp3) is 0.381. The van der Waals surface area contributed by atoms with E-state index < -0.39 is 11.5 Å². The van der Waals surface area contributed by atoms with Crippen molar-refractivity contribution in [3.8, 4) is 0 Å². The van der Waals surface area contributed by atoms with E-state index in [-0.39, 0.29) is 5.92 Å². The van der Waals surface area contributed by atoms with Crippen LogP contribution >= 0.6 is 0 Å². The van der Waals surface area contributed by atoms with Gasteiger partial charge in [0.15, 0.2) is 0 Å². The second-order valence-electron chi connectivity index (χ2n) is 6.98. The number of benzene rings is 2. The van der Waals surface area contributed by atoms with Gasteiger partial charge in [0, 0.05) is 0 Å². The zero-order valence-electron chi connectivity index (χ0n) is 13.9. The van der Waals surface area contributed by atoms with E-state index in [4.69, 9.17) is 5.73 Å². The fourth-order valence-corrected chi connectivity index (χ4v) is 3.65.